The quantitative estimate of drug-likeness (QED) is 0.326. The molecule has 10 nitrogen and oxygen atoms in total. The molecule has 4 rings (SSSR count). The first-order valence-corrected chi connectivity index (χ1v) is 14.1. The van der Waals surface area contributed by atoms with Crippen LogP contribution in [0.15, 0.2) is 58.9 Å². The third-order valence-corrected chi connectivity index (χ3v) is 8.08. The maximum absolute atomic E-state index is 13.6. The highest BCUT2D eigenvalue weighted by Crippen LogP contribution is 2.24. The number of fused-ring (bicyclic) bond motifs is 1. The molecule has 0 fully saturated rings. The van der Waals surface area contributed by atoms with Gasteiger partial charge in [-0.2, -0.15) is 4.99 Å². The van der Waals surface area contributed by atoms with Gasteiger partial charge in [0.15, 0.2) is 19.8 Å². The van der Waals surface area contributed by atoms with Gasteiger partial charge in [-0.3, -0.25) is 14.4 Å². The fourth-order valence-corrected chi connectivity index (χ4v) is 6.11. The first-order chi connectivity index (χ1) is 17.6. The Morgan fingerprint density at radius 1 is 1.14 bits per heavy atom. The third kappa shape index (κ3) is 6.72. The van der Waals surface area contributed by atoms with E-state index in [0.717, 1.165) is 28.2 Å². The fourth-order valence-electron chi connectivity index (χ4n) is 3.28. The van der Waals surface area contributed by atoms with Crippen LogP contribution in [0.3, 0.4) is 0 Å². The van der Waals surface area contributed by atoms with E-state index in [1.54, 1.807) is 5.38 Å². The highest BCUT2D eigenvalue weighted by atomic mass is 32.2. The lowest BCUT2D eigenvalue weighted by atomic mass is 10.2. The van der Waals surface area contributed by atoms with Crippen molar-refractivity contribution in [3.05, 3.63) is 64.5 Å². The van der Waals surface area contributed by atoms with E-state index in [-0.39, 0.29) is 16.5 Å². The summed E-state index contributed by atoms with van der Waals surface area (Å²) in [5, 5.41) is 4.37. The summed E-state index contributed by atoms with van der Waals surface area (Å²) < 4.78 is 45.0. The number of anilines is 1. The molecule has 0 unspecified atom stereocenters. The van der Waals surface area contributed by atoms with Gasteiger partial charge in [-0.15, -0.1) is 11.3 Å². The van der Waals surface area contributed by atoms with E-state index in [4.69, 9.17) is 0 Å². The Morgan fingerprint density at radius 3 is 2.62 bits per heavy atom. The minimum Gasteiger partial charge on any atom is -0.468 e. The Balaban J connectivity index is 1.47. The second-order valence-electron chi connectivity index (χ2n) is 7.65. The summed E-state index contributed by atoms with van der Waals surface area (Å²) in [6, 6.07) is 13.0. The van der Waals surface area contributed by atoms with E-state index < -0.39 is 44.9 Å². The number of hydrogen-bond acceptors (Lipinski definition) is 9. The number of nitrogens with one attached hydrogen (secondary N) is 1. The number of methoxy groups -OCH3 is 1. The molecular formula is C23H19FN4O6S3. The Morgan fingerprint density at radius 2 is 1.89 bits per heavy atom. The molecule has 0 aliphatic carbocycles. The average molecular weight is 563 g/mol. The molecule has 0 radical (unpaired) electrons. The monoisotopic (exact) mass is 562 g/mol. The van der Waals surface area contributed by atoms with Crippen LogP contribution in [0.2, 0.25) is 0 Å². The van der Waals surface area contributed by atoms with Crippen LogP contribution in [0.25, 0.3) is 21.5 Å². The first-order valence-electron chi connectivity index (χ1n) is 10.6. The number of ether oxygens (including phenoxy) is 1. The van der Waals surface area contributed by atoms with Gasteiger partial charge in [0.25, 0.3) is 5.91 Å². The second kappa shape index (κ2) is 11.1. The molecule has 2 heterocycles. The number of rotatable bonds is 8. The van der Waals surface area contributed by atoms with Crippen molar-refractivity contribution in [3.8, 4) is 11.3 Å². The summed E-state index contributed by atoms with van der Waals surface area (Å²) in [4.78, 5) is 44.7. The number of halogens is 1. The van der Waals surface area contributed by atoms with Gasteiger partial charge in [-0.1, -0.05) is 41.7 Å². The van der Waals surface area contributed by atoms with Crippen molar-refractivity contribution in [1.29, 1.82) is 0 Å². The van der Waals surface area contributed by atoms with Crippen molar-refractivity contribution in [2.24, 2.45) is 4.99 Å². The number of benzene rings is 2. The summed E-state index contributed by atoms with van der Waals surface area (Å²) in [6.45, 7) is -0.317. The van der Waals surface area contributed by atoms with E-state index in [9.17, 15) is 27.2 Å². The molecule has 0 atom stereocenters. The van der Waals surface area contributed by atoms with Gasteiger partial charge >= 0.3 is 5.97 Å². The van der Waals surface area contributed by atoms with Gasteiger partial charge in [0.1, 0.15) is 23.9 Å². The van der Waals surface area contributed by atoms with Crippen molar-refractivity contribution < 1.29 is 31.9 Å². The maximum Gasteiger partial charge on any atom is 0.325 e. The largest absolute Gasteiger partial charge is 0.468 e. The average Bonchev–Trinajstić information content (AvgIpc) is 3.42. The van der Waals surface area contributed by atoms with Crippen LogP contribution in [-0.4, -0.2) is 54.4 Å². The summed E-state index contributed by atoms with van der Waals surface area (Å²) in [5.74, 6) is -5.04. The molecular weight excluding hydrogens is 543 g/mol. The van der Waals surface area contributed by atoms with Crippen molar-refractivity contribution >= 4 is 65.6 Å². The second-order valence-corrected chi connectivity index (χ2v) is 11.6. The summed E-state index contributed by atoms with van der Waals surface area (Å²) >= 11 is 2.04. The Kier molecular flexibility index (Phi) is 7.90. The lowest BCUT2D eigenvalue weighted by Gasteiger charge is -2.04. The van der Waals surface area contributed by atoms with Gasteiger partial charge in [0, 0.05) is 10.9 Å². The van der Waals surface area contributed by atoms with Crippen LogP contribution >= 0.6 is 22.7 Å². The Labute approximate surface area is 218 Å². The molecule has 2 aromatic carbocycles. The zero-order chi connectivity index (χ0) is 26.6. The lowest BCUT2D eigenvalue weighted by Crippen LogP contribution is -2.28. The highest BCUT2D eigenvalue weighted by Gasteiger charge is 2.22. The summed E-state index contributed by atoms with van der Waals surface area (Å²) in [6.07, 6.45) is 0. The number of thiazole rings is 2. The van der Waals surface area contributed by atoms with Crippen molar-refractivity contribution in [2.75, 3.05) is 23.9 Å². The third-order valence-electron chi connectivity index (χ3n) is 4.89. The molecule has 0 aliphatic heterocycles. The van der Waals surface area contributed by atoms with Gasteiger partial charge in [0.05, 0.1) is 23.0 Å². The normalized spacial score (nSPS) is 12.0. The molecule has 14 heteroatoms. The summed E-state index contributed by atoms with van der Waals surface area (Å²) in [5.41, 5.74) is 1.89. The van der Waals surface area contributed by atoms with Crippen molar-refractivity contribution in [3.63, 3.8) is 0 Å². The number of carbonyl (C=O) groups is 3. The number of aromatic nitrogens is 2. The predicted octanol–water partition coefficient (Wildman–Crippen LogP) is 2.62. The lowest BCUT2D eigenvalue weighted by molar-refractivity contribution is -0.141. The van der Waals surface area contributed by atoms with Crippen molar-refractivity contribution in [1.82, 2.24) is 9.55 Å². The van der Waals surface area contributed by atoms with E-state index in [2.05, 4.69) is 20.0 Å². The van der Waals surface area contributed by atoms with E-state index >= 15 is 0 Å². The van der Waals surface area contributed by atoms with Crippen LogP contribution < -0.4 is 10.1 Å². The molecule has 0 bridgehead atoms. The van der Waals surface area contributed by atoms with Gasteiger partial charge < -0.3 is 14.6 Å². The molecule has 1 N–H and O–H groups in total. The Hall–Kier alpha value is -3.75. The minimum atomic E-state index is -4.18. The number of sulfone groups is 1. The SMILES string of the molecule is COC(=O)Cn1c(=NC(=O)CS(=O)(=O)CC(=O)Nc2nc(-c3ccccc3)cs2)sc2cc(F)ccc21. The first kappa shape index (κ1) is 26.3. The zero-order valence-corrected chi connectivity index (χ0v) is 21.7. The zero-order valence-electron chi connectivity index (χ0n) is 19.2. The molecule has 37 heavy (non-hydrogen) atoms. The number of amides is 2. The van der Waals surface area contributed by atoms with Gasteiger partial charge in [-0.05, 0) is 18.2 Å². The molecule has 2 amide bonds. The number of carbonyl (C=O) groups excluding carboxylic acids is 3. The minimum absolute atomic E-state index is 0.00752. The van der Waals surface area contributed by atoms with Crippen molar-refractivity contribution in [2.45, 2.75) is 6.54 Å². The van der Waals surface area contributed by atoms with Gasteiger partial charge in [-0.25, -0.2) is 17.8 Å². The van der Waals surface area contributed by atoms with E-state index in [0.29, 0.717) is 15.9 Å². The van der Waals surface area contributed by atoms with Gasteiger partial charge in [0.2, 0.25) is 5.91 Å². The van der Waals surface area contributed by atoms with Crippen LogP contribution in [0.4, 0.5) is 9.52 Å². The van der Waals surface area contributed by atoms with Crippen LogP contribution in [-0.2, 0) is 35.5 Å². The molecule has 0 spiro atoms. The van der Waals surface area contributed by atoms with E-state index in [1.807, 2.05) is 30.3 Å². The molecule has 192 valence electrons. The fraction of sp³-hybridized carbons (Fsp3) is 0.174. The standard InChI is InChI=1S/C23H19FN4O6S3/c1-34-21(31)10-28-17-8-7-15(24)9-18(17)36-23(28)27-20(30)13-37(32,33)12-19(29)26-22-25-16(11-35-22)14-5-3-2-4-6-14/h2-9,11H,10,12-13H2,1H3,(H,25,26,29). The maximum atomic E-state index is 13.6. The topological polar surface area (TPSA) is 137 Å². The highest BCUT2D eigenvalue weighted by molar-refractivity contribution is 7.92. The van der Waals surface area contributed by atoms with Crippen LogP contribution in [0.1, 0.15) is 0 Å². The number of hydrogen-bond donors (Lipinski definition) is 1. The van der Waals surface area contributed by atoms with Crippen LogP contribution in [0.5, 0.6) is 0 Å². The smallest absolute Gasteiger partial charge is 0.325 e. The molecule has 0 saturated carbocycles. The van der Waals surface area contributed by atoms with E-state index in [1.165, 1.54) is 29.9 Å². The predicted molar refractivity (Wildman–Crippen MR) is 137 cm³/mol. The van der Waals surface area contributed by atoms with Crippen LogP contribution in [0, 0.1) is 5.82 Å². The number of esters is 1. The molecule has 0 saturated heterocycles. The molecule has 2 aromatic heterocycles. The summed E-state index contributed by atoms with van der Waals surface area (Å²) in [7, 11) is -2.99. The Bertz CT molecular complexity index is 1660. The molecule has 4 aromatic rings. The number of nitrogens with zero attached hydrogens (tertiary/aromatic N) is 3. The molecule has 0 aliphatic rings.